The number of halogens is 1. The van der Waals surface area contributed by atoms with E-state index < -0.39 is 11.7 Å². The van der Waals surface area contributed by atoms with Crippen LogP contribution in [0.5, 0.6) is 0 Å². The third-order valence-corrected chi connectivity index (χ3v) is 7.05. The minimum Gasteiger partial charge on any atom is -0.245 e. The lowest BCUT2D eigenvalue weighted by Crippen LogP contribution is -2.49. The van der Waals surface area contributed by atoms with Crippen molar-refractivity contribution in [3.05, 3.63) is 51.3 Å². The summed E-state index contributed by atoms with van der Waals surface area (Å²) < 4.78 is 19.5. The van der Waals surface area contributed by atoms with Gasteiger partial charge in [-0.05, 0) is 29.9 Å². The predicted octanol–water partition coefficient (Wildman–Crippen LogP) is 0.740. The molecule has 0 N–H and O–H groups in total. The average molecular weight is 297 g/mol. The third-order valence-electron chi connectivity index (χ3n) is 7.05. The molecule has 22 heavy (non-hydrogen) atoms. The molecule has 4 aliphatic carbocycles. The van der Waals surface area contributed by atoms with E-state index in [9.17, 15) is 9.59 Å². The fourth-order valence-electron chi connectivity index (χ4n) is 6.57. The van der Waals surface area contributed by atoms with E-state index in [4.69, 9.17) is 0 Å². The van der Waals surface area contributed by atoms with Gasteiger partial charge in [-0.1, -0.05) is 18.2 Å². The molecule has 2 aromatic rings. The van der Waals surface area contributed by atoms with E-state index in [0.29, 0.717) is 23.4 Å². The van der Waals surface area contributed by atoms with Gasteiger partial charge in [0.25, 0.3) is 0 Å². The average Bonchev–Trinajstić information content (AvgIpc) is 3.26. The molecule has 2 aliphatic heterocycles. The van der Waals surface area contributed by atoms with Crippen molar-refractivity contribution in [2.45, 2.75) is 17.8 Å². The molecule has 6 heteroatoms. The molecule has 0 radical (unpaired) electrons. The van der Waals surface area contributed by atoms with Crippen LogP contribution in [0.3, 0.4) is 0 Å². The maximum absolute atomic E-state index is 15.2. The first-order valence-corrected chi connectivity index (χ1v) is 7.88. The maximum atomic E-state index is 15.2. The van der Waals surface area contributed by atoms with Crippen molar-refractivity contribution in [1.29, 1.82) is 0 Å². The van der Waals surface area contributed by atoms with Crippen LogP contribution in [0.1, 0.15) is 12.1 Å². The monoisotopic (exact) mass is 297 g/mol. The summed E-state index contributed by atoms with van der Waals surface area (Å²) in [6, 6.07) is 8.45. The van der Waals surface area contributed by atoms with E-state index in [1.807, 2.05) is 6.07 Å². The normalized spacial score (nSPS) is 50.1. The molecule has 3 heterocycles. The van der Waals surface area contributed by atoms with Crippen molar-refractivity contribution < 1.29 is 4.39 Å². The summed E-state index contributed by atoms with van der Waals surface area (Å²) in [5, 5.41) is 0. The zero-order valence-corrected chi connectivity index (χ0v) is 11.5. The Balaban J connectivity index is 1.59. The number of alkyl halides is 1. The lowest BCUT2D eigenvalue weighted by atomic mass is 9.87. The molecule has 0 saturated heterocycles. The summed E-state index contributed by atoms with van der Waals surface area (Å²) >= 11 is 0. The van der Waals surface area contributed by atoms with Crippen LogP contribution in [0.25, 0.3) is 5.69 Å². The van der Waals surface area contributed by atoms with Gasteiger partial charge in [0, 0.05) is 11.8 Å². The molecule has 6 aliphatic rings. The lowest BCUT2D eigenvalue weighted by molar-refractivity contribution is 0.0263. The van der Waals surface area contributed by atoms with Crippen LogP contribution < -0.4 is 11.4 Å². The molecule has 8 atom stereocenters. The highest BCUT2D eigenvalue weighted by Crippen LogP contribution is 2.94. The summed E-state index contributed by atoms with van der Waals surface area (Å²) in [7, 11) is 0. The van der Waals surface area contributed by atoms with E-state index in [0.717, 1.165) is 0 Å². The fraction of sp³-hybridized carbons (Fsp3) is 0.500. The van der Waals surface area contributed by atoms with Gasteiger partial charge in [-0.25, -0.2) is 27.9 Å². The highest BCUT2D eigenvalue weighted by Gasteiger charge is 2.98. The molecule has 0 amide bonds. The molecule has 4 saturated carbocycles. The van der Waals surface area contributed by atoms with E-state index >= 15 is 4.39 Å². The SMILES string of the molecule is O=c1n(-c2ccccc2)c(=O)n2n1C1C3C4C3C2C2(F)C4C12. The molecular weight excluding hydrogens is 285 g/mol. The maximum Gasteiger partial charge on any atom is 0.352 e. The van der Waals surface area contributed by atoms with Gasteiger partial charge in [-0.3, -0.25) is 0 Å². The van der Waals surface area contributed by atoms with Crippen molar-refractivity contribution in [3.63, 3.8) is 0 Å². The van der Waals surface area contributed by atoms with Gasteiger partial charge in [0.2, 0.25) is 0 Å². The first-order valence-electron chi connectivity index (χ1n) is 7.88. The number of hydrogen-bond donors (Lipinski definition) is 0. The van der Waals surface area contributed by atoms with Crippen molar-refractivity contribution in [1.82, 2.24) is 13.9 Å². The van der Waals surface area contributed by atoms with Crippen LogP contribution in [-0.4, -0.2) is 19.6 Å². The largest absolute Gasteiger partial charge is 0.352 e. The van der Waals surface area contributed by atoms with Crippen molar-refractivity contribution in [3.8, 4) is 5.69 Å². The van der Waals surface area contributed by atoms with E-state index in [-0.39, 0.29) is 29.3 Å². The first-order chi connectivity index (χ1) is 10.7. The molecule has 0 spiro atoms. The zero-order chi connectivity index (χ0) is 14.5. The van der Waals surface area contributed by atoms with E-state index in [1.54, 1.807) is 28.9 Å². The summed E-state index contributed by atoms with van der Waals surface area (Å²) in [6.45, 7) is 0. The van der Waals surface area contributed by atoms with Gasteiger partial charge < -0.3 is 0 Å². The molecule has 2 bridgehead atoms. The van der Waals surface area contributed by atoms with Gasteiger partial charge in [-0.2, -0.15) is 0 Å². The molecular formula is C16H12FN3O2. The van der Waals surface area contributed by atoms with Gasteiger partial charge >= 0.3 is 11.4 Å². The Labute approximate surface area is 123 Å². The van der Waals surface area contributed by atoms with E-state index in [1.165, 1.54) is 9.25 Å². The van der Waals surface area contributed by atoms with Crippen LogP contribution in [0.15, 0.2) is 39.9 Å². The van der Waals surface area contributed by atoms with Crippen molar-refractivity contribution >= 4 is 0 Å². The Morgan fingerprint density at radius 2 is 1.64 bits per heavy atom. The highest BCUT2D eigenvalue weighted by atomic mass is 19.1. The quantitative estimate of drug-likeness (QED) is 0.779. The van der Waals surface area contributed by atoms with Gasteiger partial charge in [-0.15, -0.1) is 0 Å². The summed E-state index contributed by atoms with van der Waals surface area (Å²) in [5.74, 6) is 1.28. The minimum atomic E-state index is -1.20. The first kappa shape index (κ1) is 10.6. The van der Waals surface area contributed by atoms with E-state index in [2.05, 4.69) is 0 Å². The number of rotatable bonds is 1. The van der Waals surface area contributed by atoms with Crippen molar-refractivity contribution in [2.75, 3.05) is 0 Å². The number of benzene rings is 1. The van der Waals surface area contributed by atoms with Crippen LogP contribution in [0.4, 0.5) is 4.39 Å². The molecule has 110 valence electrons. The molecule has 1 aromatic heterocycles. The minimum absolute atomic E-state index is 0.0128. The Morgan fingerprint density at radius 3 is 2.32 bits per heavy atom. The fourth-order valence-corrected chi connectivity index (χ4v) is 6.57. The topological polar surface area (TPSA) is 48.9 Å². The molecule has 1 aromatic carbocycles. The Hall–Kier alpha value is -2.11. The second-order valence-electron chi connectivity index (χ2n) is 7.47. The van der Waals surface area contributed by atoms with Gasteiger partial charge in [0.1, 0.15) is 5.67 Å². The van der Waals surface area contributed by atoms with Crippen LogP contribution in [0.2, 0.25) is 0 Å². The second kappa shape index (κ2) is 2.64. The second-order valence-corrected chi connectivity index (χ2v) is 7.47. The number of nitrogens with zero attached hydrogens (tertiary/aromatic N) is 3. The van der Waals surface area contributed by atoms with Crippen LogP contribution >= 0.6 is 0 Å². The zero-order valence-electron chi connectivity index (χ0n) is 11.5. The Bertz CT molecular complexity index is 1000. The lowest BCUT2D eigenvalue weighted by Gasteiger charge is -2.39. The van der Waals surface area contributed by atoms with Crippen molar-refractivity contribution in [2.24, 2.45) is 29.6 Å². The standard InChI is InChI=1S/C16H12FN3O2/c17-16-10-7-8-9(7)13(16)20-15(22)18(6-4-2-1-3-5-6)14(21)19(20)12(8)11(10)16/h1-5,7-13H. The van der Waals surface area contributed by atoms with Gasteiger partial charge in [0.15, 0.2) is 0 Å². The smallest absolute Gasteiger partial charge is 0.245 e. The third kappa shape index (κ3) is 0.725. The Morgan fingerprint density at radius 1 is 0.909 bits per heavy atom. The Kier molecular flexibility index (Phi) is 1.27. The highest BCUT2D eigenvalue weighted by molar-refractivity contribution is 5.45. The van der Waals surface area contributed by atoms with Crippen LogP contribution in [-0.2, 0) is 0 Å². The number of para-hydroxylation sites is 1. The molecule has 5 nitrogen and oxygen atoms in total. The molecule has 4 fully saturated rings. The predicted molar refractivity (Wildman–Crippen MR) is 73.7 cm³/mol. The number of hydrogen-bond acceptors (Lipinski definition) is 2. The molecule has 8 rings (SSSR count). The number of aromatic nitrogens is 3. The summed E-state index contributed by atoms with van der Waals surface area (Å²) in [6.07, 6.45) is 0. The summed E-state index contributed by atoms with van der Waals surface area (Å²) in [4.78, 5) is 25.7. The summed E-state index contributed by atoms with van der Waals surface area (Å²) in [5.41, 5.74) is -1.31. The van der Waals surface area contributed by atoms with Crippen LogP contribution in [0, 0.1) is 29.6 Å². The van der Waals surface area contributed by atoms with Gasteiger partial charge in [0.05, 0.1) is 17.8 Å². The molecule has 8 unspecified atom stereocenters.